The first-order valence-electron chi connectivity index (χ1n) is 8.27. The van der Waals surface area contributed by atoms with Gasteiger partial charge in [0.05, 0.1) is 12.5 Å². The van der Waals surface area contributed by atoms with Gasteiger partial charge in [-0.3, -0.25) is 14.4 Å². The number of hydrogen-bond donors (Lipinski definition) is 2. The minimum atomic E-state index is -0.818. The lowest BCUT2D eigenvalue weighted by atomic mass is 9.80. The number of ether oxygens (including phenoxy) is 1. The predicted molar refractivity (Wildman–Crippen MR) is 88.1 cm³/mol. The summed E-state index contributed by atoms with van der Waals surface area (Å²) in [5.74, 6) is -0.749. The lowest BCUT2D eigenvalue weighted by Gasteiger charge is -2.32. The highest BCUT2D eigenvalue weighted by atomic mass is 16.5. The molecule has 0 atom stereocenters. The second-order valence-corrected chi connectivity index (χ2v) is 6.07. The van der Waals surface area contributed by atoms with Crippen molar-refractivity contribution < 1.29 is 24.2 Å². The average molecular weight is 333 g/mol. The van der Waals surface area contributed by atoms with Crippen LogP contribution in [0.1, 0.15) is 49.4 Å². The normalized spacial score (nSPS) is 19.2. The van der Waals surface area contributed by atoms with Crippen molar-refractivity contribution in [2.45, 2.75) is 45.1 Å². The number of Topliss-reactive ketones (excluding diaryl/α,β-unsaturated/α-hetero) is 1. The molecule has 1 aliphatic carbocycles. The molecule has 0 spiro atoms. The van der Waals surface area contributed by atoms with E-state index in [-0.39, 0.29) is 36.5 Å². The fourth-order valence-electron chi connectivity index (χ4n) is 2.57. The Morgan fingerprint density at radius 3 is 2.42 bits per heavy atom. The number of hydrogen-bond acceptors (Lipinski definition) is 4. The number of carboxylic acid groups (broad SMARTS) is 1. The molecular formula is C18H23NO5. The Morgan fingerprint density at radius 1 is 1.17 bits per heavy atom. The largest absolute Gasteiger partial charge is 0.494 e. The van der Waals surface area contributed by atoms with Crippen LogP contribution in [-0.2, 0) is 9.59 Å². The van der Waals surface area contributed by atoms with Crippen molar-refractivity contribution in [3.8, 4) is 5.75 Å². The van der Waals surface area contributed by atoms with E-state index in [1.165, 1.54) is 0 Å². The number of carbonyl (C=O) groups excluding carboxylic acids is 2. The molecule has 0 bridgehead atoms. The van der Waals surface area contributed by atoms with E-state index < -0.39 is 5.97 Å². The molecule has 0 radical (unpaired) electrons. The van der Waals surface area contributed by atoms with Gasteiger partial charge in [-0.15, -0.1) is 0 Å². The molecule has 6 heteroatoms. The van der Waals surface area contributed by atoms with Crippen LogP contribution in [0.15, 0.2) is 24.3 Å². The van der Waals surface area contributed by atoms with Crippen molar-refractivity contribution in [1.82, 2.24) is 5.32 Å². The molecule has 0 aliphatic heterocycles. The minimum Gasteiger partial charge on any atom is -0.494 e. The molecule has 0 aromatic heterocycles. The van der Waals surface area contributed by atoms with Gasteiger partial charge in [0.1, 0.15) is 5.75 Å². The summed E-state index contributed by atoms with van der Waals surface area (Å²) in [4.78, 5) is 34.6. The van der Waals surface area contributed by atoms with Gasteiger partial charge in [-0.2, -0.15) is 0 Å². The van der Waals surface area contributed by atoms with Crippen LogP contribution in [-0.4, -0.2) is 35.4 Å². The van der Waals surface area contributed by atoms with Crippen LogP contribution < -0.4 is 10.1 Å². The van der Waals surface area contributed by atoms with E-state index >= 15 is 0 Å². The minimum absolute atomic E-state index is 0.0799. The Balaban J connectivity index is 1.70. The lowest BCUT2D eigenvalue weighted by molar-refractivity contribution is -0.146. The number of rotatable bonds is 9. The molecule has 1 amide bonds. The molecule has 6 nitrogen and oxygen atoms in total. The second-order valence-electron chi connectivity index (χ2n) is 6.07. The Hall–Kier alpha value is -2.37. The molecular weight excluding hydrogens is 310 g/mol. The fourth-order valence-corrected chi connectivity index (χ4v) is 2.57. The molecule has 0 unspecified atom stereocenters. The topological polar surface area (TPSA) is 92.7 Å². The lowest BCUT2D eigenvalue weighted by Crippen LogP contribution is -2.46. The molecule has 24 heavy (non-hydrogen) atoms. The van der Waals surface area contributed by atoms with Crippen molar-refractivity contribution >= 4 is 17.7 Å². The van der Waals surface area contributed by atoms with Crippen LogP contribution in [0, 0.1) is 5.92 Å². The third-order valence-corrected chi connectivity index (χ3v) is 4.08. The van der Waals surface area contributed by atoms with Crippen molar-refractivity contribution in [1.29, 1.82) is 0 Å². The van der Waals surface area contributed by atoms with Gasteiger partial charge >= 0.3 is 5.97 Å². The molecule has 1 fully saturated rings. The standard InChI is InChI=1S/C18H23NO5/c1-2-9-24-15-5-3-12(4-6-15)16(20)7-8-17(21)19-14-10-13(11-14)18(22)23/h3-6,13-14H,2,7-11H2,1H3,(H,19,21)(H,22,23). The summed E-state index contributed by atoms with van der Waals surface area (Å²) >= 11 is 0. The van der Waals surface area contributed by atoms with E-state index in [1.54, 1.807) is 24.3 Å². The number of amides is 1. The first-order chi connectivity index (χ1) is 11.5. The Morgan fingerprint density at radius 2 is 1.83 bits per heavy atom. The van der Waals surface area contributed by atoms with Gasteiger partial charge in [0.25, 0.3) is 0 Å². The molecule has 1 aliphatic rings. The monoisotopic (exact) mass is 333 g/mol. The summed E-state index contributed by atoms with van der Waals surface area (Å²) in [5.41, 5.74) is 0.557. The molecule has 0 saturated heterocycles. The zero-order chi connectivity index (χ0) is 17.5. The van der Waals surface area contributed by atoms with Gasteiger partial charge in [-0.25, -0.2) is 0 Å². The highest BCUT2D eigenvalue weighted by molar-refractivity contribution is 5.98. The fraction of sp³-hybridized carbons (Fsp3) is 0.500. The summed E-state index contributed by atoms with van der Waals surface area (Å²) in [5, 5.41) is 11.6. The number of nitrogens with one attached hydrogen (secondary N) is 1. The number of carboxylic acids is 1. The van der Waals surface area contributed by atoms with E-state index in [2.05, 4.69) is 5.32 Å². The van der Waals surface area contributed by atoms with Gasteiger partial charge < -0.3 is 15.2 Å². The van der Waals surface area contributed by atoms with Crippen LogP contribution in [0.3, 0.4) is 0 Å². The van der Waals surface area contributed by atoms with Crippen LogP contribution in [0.2, 0.25) is 0 Å². The Labute approximate surface area is 141 Å². The first kappa shape index (κ1) is 18.0. The maximum absolute atomic E-state index is 12.1. The molecule has 1 aromatic carbocycles. The third kappa shape index (κ3) is 5.08. The van der Waals surface area contributed by atoms with Gasteiger partial charge in [0.15, 0.2) is 5.78 Å². The summed E-state index contributed by atoms with van der Waals surface area (Å²) in [6.07, 6.45) is 2.10. The van der Waals surface area contributed by atoms with Crippen molar-refractivity contribution in [3.63, 3.8) is 0 Å². The highest BCUT2D eigenvalue weighted by Crippen LogP contribution is 2.27. The number of carbonyl (C=O) groups is 3. The average Bonchev–Trinajstić information content (AvgIpc) is 2.53. The number of benzene rings is 1. The van der Waals surface area contributed by atoms with Crippen molar-refractivity contribution in [3.05, 3.63) is 29.8 Å². The van der Waals surface area contributed by atoms with E-state index in [1.807, 2.05) is 6.92 Å². The van der Waals surface area contributed by atoms with Gasteiger partial charge in [-0.1, -0.05) is 6.92 Å². The van der Waals surface area contributed by atoms with Gasteiger partial charge in [0.2, 0.25) is 5.91 Å². The summed E-state index contributed by atoms with van der Waals surface area (Å²) in [6, 6.07) is 6.83. The van der Waals surface area contributed by atoms with Gasteiger partial charge in [0, 0.05) is 24.4 Å². The SMILES string of the molecule is CCCOc1ccc(C(=O)CCC(=O)NC2CC(C(=O)O)C2)cc1. The number of aliphatic carboxylic acids is 1. The van der Waals surface area contributed by atoms with Crippen LogP contribution in [0.4, 0.5) is 0 Å². The predicted octanol–water partition coefficient (Wildman–Crippen LogP) is 2.42. The molecule has 130 valence electrons. The zero-order valence-corrected chi connectivity index (χ0v) is 13.8. The quantitative estimate of drug-likeness (QED) is 0.677. The number of ketones is 1. The van der Waals surface area contributed by atoms with E-state index in [9.17, 15) is 14.4 Å². The molecule has 1 aromatic rings. The van der Waals surface area contributed by atoms with Crippen molar-refractivity contribution in [2.24, 2.45) is 5.92 Å². The maximum Gasteiger partial charge on any atom is 0.306 e. The Kier molecular flexibility index (Phi) is 6.35. The van der Waals surface area contributed by atoms with Gasteiger partial charge in [-0.05, 0) is 43.5 Å². The summed E-state index contributed by atoms with van der Waals surface area (Å²) in [6.45, 7) is 2.66. The molecule has 2 rings (SSSR count). The zero-order valence-electron chi connectivity index (χ0n) is 13.8. The second kappa shape index (κ2) is 8.47. The third-order valence-electron chi connectivity index (χ3n) is 4.08. The highest BCUT2D eigenvalue weighted by Gasteiger charge is 2.35. The smallest absolute Gasteiger partial charge is 0.306 e. The van der Waals surface area contributed by atoms with Crippen LogP contribution in [0.5, 0.6) is 5.75 Å². The molecule has 2 N–H and O–H groups in total. The summed E-state index contributed by atoms with van der Waals surface area (Å²) in [7, 11) is 0. The summed E-state index contributed by atoms with van der Waals surface area (Å²) < 4.78 is 5.46. The molecule has 0 heterocycles. The van der Waals surface area contributed by atoms with Crippen LogP contribution in [0.25, 0.3) is 0 Å². The first-order valence-corrected chi connectivity index (χ1v) is 8.27. The molecule has 1 saturated carbocycles. The van der Waals surface area contributed by atoms with E-state index in [4.69, 9.17) is 9.84 Å². The Bertz CT molecular complexity index is 590. The van der Waals surface area contributed by atoms with Crippen molar-refractivity contribution in [2.75, 3.05) is 6.61 Å². The maximum atomic E-state index is 12.1. The van der Waals surface area contributed by atoms with E-state index in [0.717, 1.165) is 12.2 Å². The van der Waals surface area contributed by atoms with Crippen LogP contribution >= 0.6 is 0 Å². The van der Waals surface area contributed by atoms with E-state index in [0.29, 0.717) is 25.0 Å².